The second kappa shape index (κ2) is 7.71. The Balaban J connectivity index is 1.61. The maximum atomic E-state index is 12.9. The highest BCUT2D eigenvalue weighted by molar-refractivity contribution is 5.80. The van der Waals surface area contributed by atoms with Crippen molar-refractivity contribution in [1.29, 1.82) is 0 Å². The number of halogens is 3. The number of fused-ring (bicyclic) bond motifs is 1. The van der Waals surface area contributed by atoms with E-state index < -0.39 is 12.7 Å². The van der Waals surface area contributed by atoms with Gasteiger partial charge in [-0.25, -0.2) is 0 Å². The SMILES string of the molecule is COC(=O)[C@@H]1[C@H](c2ccccc2)[C@H]1c1ccc2c(c1)CN(CC(F)(F)F)CCO2. The molecule has 0 amide bonds. The van der Waals surface area contributed by atoms with Crippen LogP contribution in [0.2, 0.25) is 0 Å². The average molecular weight is 405 g/mol. The Morgan fingerprint density at radius 2 is 1.86 bits per heavy atom. The van der Waals surface area contributed by atoms with Gasteiger partial charge < -0.3 is 9.47 Å². The minimum Gasteiger partial charge on any atom is -0.492 e. The molecule has 1 aliphatic heterocycles. The summed E-state index contributed by atoms with van der Waals surface area (Å²) in [4.78, 5) is 13.7. The first-order chi connectivity index (χ1) is 13.9. The van der Waals surface area contributed by atoms with Gasteiger partial charge in [0.15, 0.2) is 0 Å². The number of hydrogen-bond donors (Lipinski definition) is 0. The van der Waals surface area contributed by atoms with Gasteiger partial charge in [-0.1, -0.05) is 42.5 Å². The van der Waals surface area contributed by atoms with Crippen LogP contribution in [0.25, 0.3) is 0 Å². The summed E-state index contributed by atoms with van der Waals surface area (Å²) < 4.78 is 49.2. The van der Waals surface area contributed by atoms with Crippen molar-refractivity contribution in [2.45, 2.75) is 24.6 Å². The van der Waals surface area contributed by atoms with Crippen LogP contribution in [0.15, 0.2) is 48.5 Å². The molecule has 4 nitrogen and oxygen atoms in total. The Bertz CT molecular complexity index is 885. The van der Waals surface area contributed by atoms with E-state index >= 15 is 0 Å². The molecule has 0 bridgehead atoms. The van der Waals surface area contributed by atoms with Crippen LogP contribution < -0.4 is 4.74 Å². The summed E-state index contributed by atoms with van der Waals surface area (Å²) in [6, 6.07) is 15.3. The molecule has 2 aromatic carbocycles. The van der Waals surface area contributed by atoms with E-state index in [0.29, 0.717) is 11.3 Å². The first-order valence-corrected chi connectivity index (χ1v) is 9.55. The van der Waals surface area contributed by atoms with Crippen molar-refractivity contribution in [2.75, 3.05) is 26.8 Å². The summed E-state index contributed by atoms with van der Waals surface area (Å²) in [5, 5.41) is 0. The molecule has 1 fully saturated rings. The van der Waals surface area contributed by atoms with Gasteiger partial charge in [0, 0.05) is 30.5 Å². The van der Waals surface area contributed by atoms with Crippen LogP contribution in [0.5, 0.6) is 5.75 Å². The van der Waals surface area contributed by atoms with Crippen LogP contribution in [0, 0.1) is 5.92 Å². The Labute approximate surface area is 167 Å². The van der Waals surface area contributed by atoms with E-state index in [2.05, 4.69) is 0 Å². The lowest BCUT2D eigenvalue weighted by Crippen LogP contribution is -2.35. The quantitative estimate of drug-likeness (QED) is 0.718. The van der Waals surface area contributed by atoms with E-state index in [9.17, 15) is 18.0 Å². The molecule has 0 aromatic heterocycles. The van der Waals surface area contributed by atoms with E-state index in [1.54, 1.807) is 6.07 Å². The van der Waals surface area contributed by atoms with E-state index in [0.717, 1.165) is 11.1 Å². The van der Waals surface area contributed by atoms with Crippen molar-refractivity contribution in [2.24, 2.45) is 5.92 Å². The highest BCUT2D eigenvalue weighted by Gasteiger charge is 2.57. The average Bonchev–Trinajstić information content (AvgIpc) is 3.45. The van der Waals surface area contributed by atoms with Gasteiger partial charge in [0.2, 0.25) is 0 Å². The minimum atomic E-state index is -4.26. The zero-order chi connectivity index (χ0) is 20.6. The van der Waals surface area contributed by atoms with Crippen LogP contribution in [0.1, 0.15) is 28.5 Å². The van der Waals surface area contributed by atoms with Gasteiger partial charge >= 0.3 is 12.1 Å². The number of hydrogen-bond acceptors (Lipinski definition) is 4. The summed E-state index contributed by atoms with van der Waals surface area (Å²) >= 11 is 0. The monoisotopic (exact) mass is 405 g/mol. The molecule has 0 unspecified atom stereocenters. The molecule has 154 valence electrons. The third-order valence-corrected chi connectivity index (χ3v) is 5.61. The summed E-state index contributed by atoms with van der Waals surface area (Å²) in [5.74, 6) is -0.0220. The Morgan fingerprint density at radius 3 is 2.55 bits per heavy atom. The largest absolute Gasteiger partial charge is 0.492 e. The van der Waals surface area contributed by atoms with Gasteiger partial charge in [0.25, 0.3) is 0 Å². The predicted octanol–water partition coefficient (Wildman–Crippen LogP) is 4.11. The summed E-state index contributed by atoms with van der Waals surface area (Å²) in [6.45, 7) is -0.386. The number of methoxy groups -OCH3 is 1. The smallest absolute Gasteiger partial charge is 0.401 e. The first-order valence-electron chi connectivity index (χ1n) is 9.55. The number of carbonyl (C=O) groups excluding carboxylic acids is 1. The van der Waals surface area contributed by atoms with Gasteiger partial charge in [-0.3, -0.25) is 9.69 Å². The third-order valence-electron chi connectivity index (χ3n) is 5.61. The van der Waals surface area contributed by atoms with Gasteiger partial charge in [0.05, 0.1) is 19.6 Å². The Morgan fingerprint density at radius 1 is 1.14 bits per heavy atom. The number of carbonyl (C=O) groups is 1. The number of nitrogens with zero attached hydrogens (tertiary/aromatic N) is 1. The molecule has 0 radical (unpaired) electrons. The van der Waals surface area contributed by atoms with Gasteiger partial charge in [-0.05, 0) is 17.2 Å². The first kappa shape index (κ1) is 19.8. The van der Waals surface area contributed by atoms with Crippen molar-refractivity contribution in [1.82, 2.24) is 4.90 Å². The zero-order valence-corrected chi connectivity index (χ0v) is 16.0. The molecule has 29 heavy (non-hydrogen) atoms. The molecule has 0 spiro atoms. The number of benzene rings is 2. The van der Waals surface area contributed by atoms with Crippen LogP contribution in [0.3, 0.4) is 0 Å². The molecule has 3 atom stereocenters. The minimum absolute atomic E-state index is 0.000301. The molecule has 1 heterocycles. The van der Waals surface area contributed by atoms with Crippen molar-refractivity contribution >= 4 is 5.97 Å². The lowest BCUT2D eigenvalue weighted by atomic mass is 10.0. The second-order valence-electron chi connectivity index (χ2n) is 7.55. The predicted molar refractivity (Wildman–Crippen MR) is 101 cm³/mol. The van der Waals surface area contributed by atoms with Crippen molar-refractivity contribution in [3.05, 3.63) is 65.2 Å². The molecule has 7 heteroatoms. The number of rotatable bonds is 4. The van der Waals surface area contributed by atoms with E-state index in [4.69, 9.17) is 9.47 Å². The summed E-state index contributed by atoms with van der Waals surface area (Å²) in [6.07, 6.45) is -4.26. The molecule has 1 saturated carbocycles. The fourth-order valence-electron chi connectivity index (χ4n) is 4.31. The lowest BCUT2D eigenvalue weighted by Gasteiger charge is -2.20. The lowest BCUT2D eigenvalue weighted by molar-refractivity contribution is -0.147. The Hall–Kier alpha value is -2.54. The topological polar surface area (TPSA) is 38.8 Å². The number of ether oxygens (including phenoxy) is 2. The molecule has 0 N–H and O–H groups in total. The fourth-order valence-corrected chi connectivity index (χ4v) is 4.31. The van der Waals surface area contributed by atoms with Crippen LogP contribution in [-0.2, 0) is 16.1 Å². The highest BCUT2D eigenvalue weighted by Crippen LogP contribution is 2.61. The van der Waals surface area contributed by atoms with Gasteiger partial charge in [-0.2, -0.15) is 13.2 Å². The molecule has 1 aliphatic carbocycles. The van der Waals surface area contributed by atoms with Crippen LogP contribution in [-0.4, -0.2) is 43.9 Å². The number of alkyl halides is 3. The fraction of sp³-hybridized carbons (Fsp3) is 0.409. The van der Waals surface area contributed by atoms with E-state index in [1.807, 2.05) is 42.5 Å². The maximum Gasteiger partial charge on any atom is 0.401 e. The molecule has 4 rings (SSSR count). The van der Waals surface area contributed by atoms with E-state index in [-0.39, 0.29) is 43.4 Å². The number of esters is 1. The molecular weight excluding hydrogens is 383 g/mol. The van der Waals surface area contributed by atoms with E-state index in [1.165, 1.54) is 12.0 Å². The van der Waals surface area contributed by atoms with Crippen molar-refractivity contribution < 1.29 is 27.4 Å². The normalized spacial score (nSPS) is 24.2. The molecule has 2 aromatic rings. The second-order valence-corrected chi connectivity index (χ2v) is 7.55. The Kier molecular flexibility index (Phi) is 5.25. The van der Waals surface area contributed by atoms with Crippen LogP contribution in [0.4, 0.5) is 13.2 Å². The standard InChI is InChI=1S/C22H22F3NO3/c1-28-21(27)20-18(14-5-3-2-4-6-14)19(20)15-7-8-17-16(11-15)12-26(9-10-29-17)13-22(23,24)25/h2-8,11,18-20H,9-10,12-13H2,1H3/t18-,19-,20-/m1/s1. The highest BCUT2D eigenvalue weighted by atomic mass is 19.4. The van der Waals surface area contributed by atoms with Gasteiger partial charge in [0.1, 0.15) is 12.4 Å². The third kappa shape index (κ3) is 4.24. The molecular formula is C22H22F3NO3. The molecule has 2 aliphatic rings. The summed E-state index contributed by atoms with van der Waals surface area (Å²) in [7, 11) is 1.37. The van der Waals surface area contributed by atoms with Crippen LogP contribution >= 0.6 is 0 Å². The van der Waals surface area contributed by atoms with Crippen molar-refractivity contribution in [3.63, 3.8) is 0 Å². The summed E-state index contributed by atoms with van der Waals surface area (Å²) in [5.41, 5.74) is 2.69. The zero-order valence-electron chi connectivity index (χ0n) is 16.0. The molecule has 0 saturated heterocycles. The van der Waals surface area contributed by atoms with Crippen molar-refractivity contribution in [3.8, 4) is 5.75 Å². The van der Waals surface area contributed by atoms with Gasteiger partial charge in [-0.15, -0.1) is 0 Å². The maximum absolute atomic E-state index is 12.9.